The molecule has 2 saturated heterocycles. The number of ether oxygens (including phenoxy) is 4. The van der Waals surface area contributed by atoms with Gasteiger partial charge < -0.3 is 18.9 Å². The van der Waals surface area contributed by atoms with Gasteiger partial charge in [0.25, 0.3) is 0 Å². The van der Waals surface area contributed by atoms with Crippen LogP contribution in [0.3, 0.4) is 0 Å². The molecule has 0 aromatic rings. The second kappa shape index (κ2) is 10.4. The van der Waals surface area contributed by atoms with Crippen LogP contribution < -0.4 is 0 Å². The number of rotatable bonds is 9. The van der Waals surface area contributed by atoms with E-state index in [0.29, 0.717) is 25.2 Å². The third kappa shape index (κ3) is 5.50. The summed E-state index contributed by atoms with van der Waals surface area (Å²) in [4.78, 5) is 24.3. The number of carbonyl (C=O) groups excluding carboxylic acids is 2. The fourth-order valence-electron chi connectivity index (χ4n) is 4.71. The molecule has 3 fully saturated rings. The lowest BCUT2D eigenvalue weighted by molar-refractivity contribution is -0.156. The zero-order valence-corrected chi connectivity index (χ0v) is 17.4. The Morgan fingerprint density at radius 1 is 1.38 bits per heavy atom. The minimum absolute atomic E-state index is 0.157. The van der Waals surface area contributed by atoms with Gasteiger partial charge in [-0.15, -0.1) is 0 Å². The largest absolute Gasteiger partial charge is 0.469 e. The summed E-state index contributed by atoms with van der Waals surface area (Å²) in [6, 6.07) is 0. The third-order valence-electron chi connectivity index (χ3n) is 6.23. The van der Waals surface area contributed by atoms with E-state index >= 15 is 0 Å². The Balaban J connectivity index is 1.82. The smallest absolute Gasteiger partial charge is 0.309 e. The van der Waals surface area contributed by atoms with E-state index < -0.39 is 18.4 Å². The Morgan fingerprint density at radius 3 is 2.90 bits per heavy atom. The second-order valence-electron chi connectivity index (χ2n) is 8.28. The molecule has 0 bridgehead atoms. The molecule has 29 heavy (non-hydrogen) atoms. The molecule has 2 unspecified atom stereocenters. The second-order valence-corrected chi connectivity index (χ2v) is 8.28. The molecule has 2 heterocycles. The topological polar surface area (TPSA) is 71.1 Å². The van der Waals surface area contributed by atoms with Crippen LogP contribution >= 0.6 is 0 Å². The summed E-state index contributed by atoms with van der Waals surface area (Å²) >= 11 is 0. The molecule has 1 saturated carbocycles. The van der Waals surface area contributed by atoms with E-state index in [0.717, 1.165) is 32.1 Å². The Labute approximate surface area is 172 Å². The van der Waals surface area contributed by atoms with Crippen LogP contribution in [0.2, 0.25) is 0 Å². The Bertz CT molecular complexity index is 600. The molecule has 2 aliphatic heterocycles. The fourth-order valence-corrected chi connectivity index (χ4v) is 4.71. The number of carbonyl (C=O) groups is 2. The minimum atomic E-state index is -0.962. The van der Waals surface area contributed by atoms with Crippen LogP contribution in [0, 0.1) is 17.8 Å². The highest BCUT2D eigenvalue weighted by Crippen LogP contribution is 2.49. The molecule has 3 aliphatic rings. The first-order chi connectivity index (χ1) is 14.0. The van der Waals surface area contributed by atoms with Gasteiger partial charge in [0.2, 0.25) is 0 Å². The van der Waals surface area contributed by atoms with Crippen LogP contribution in [0.4, 0.5) is 4.39 Å². The van der Waals surface area contributed by atoms with Crippen molar-refractivity contribution in [3.05, 3.63) is 11.8 Å². The van der Waals surface area contributed by atoms with Gasteiger partial charge in [0.05, 0.1) is 26.1 Å². The molecule has 7 heteroatoms. The molecule has 0 N–H and O–H groups in total. The van der Waals surface area contributed by atoms with Gasteiger partial charge in [0.1, 0.15) is 18.0 Å². The van der Waals surface area contributed by atoms with Gasteiger partial charge in [-0.3, -0.25) is 9.59 Å². The summed E-state index contributed by atoms with van der Waals surface area (Å²) in [6.45, 7) is 2.66. The van der Waals surface area contributed by atoms with Crippen LogP contribution in [0.1, 0.15) is 64.7 Å². The first kappa shape index (κ1) is 22.1. The zero-order chi connectivity index (χ0) is 20.8. The van der Waals surface area contributed by atoms with Gasteiger partial charge in [-0.05, 0) is 31.8 Å². The van der Waals surface area contributed by atoms with Gasteiger partial charge in [-0.1, -0.05) is 19.8 Å². The average molecular weight is 412 g/mol. The van der Waals surface area contributed by atoms with Crippen molar-refractivity contribution < 1.29 is 32.9 Å². The molecule has 0 amide bonds. The molecule has 0 radical (unpaired) electrons. The molecule has 6 nitrogen and oxygen atoms in total. The van der Waals surface area contributed by atoms with Crippen LogP contribution in [0.15, 0.2) is 11.8 Å². The number of allylic oxidation sites excluding steroid dienone is 2. The number of esters is 2. The number of halogens is 1. The monoisotopic (exact) mass is 412 g/mol. The van der Waals surface area contributed by atoms with Crippen molar-refractivity contribution in [2.45, 2.75) is 83.3 Å². The number of fused-ring (bicyclic) bond motifs is 1. The van der Waals surface area contributed by atoms with Crippen molar-refractivity contribution in [2.24, 2.45) is 17.8 Å². The van der Waals surface area contributed by atoms with E-state index in [9.17, 15) is 14.0 Å². The average Bonchev–Trinajstić information content (AvgIpc) is 3.25. The van der Waals surface area contributed by atoms with E-state index in [4.69, 9.17) is 18.9 Å². The number of alkyl halides is 1. The first-order valence-corrected chi connectivity index (χ1v) is 10.9. The molecule has 0 aromatic carbocycles. The standard InChI is InChI=1S/C22H33FO6/c1-3-4-7-14(23)9-10-17(29-20-8-5-6-11-27-20)21-15-13-19(24)28-18(15)12-16(21)22(25)26-2/h10,14-16,18,20-21H,3-9,11-13H2,1-2H3/t14?,15-,16+,18+,20?,21+/m0/s1. The maximum Gasteiger partial charge on any atom is 0.309 e. The molecule has 0 aromatic heterocycles. The van der Waals surface area contributed by atoms with Gasteiger partial charge in [-0.25, -0.2) is 4.39 Å². The highest BCUT2D eigenvalue weighted by atomic mass is 19.1. The maximum atomic E-state index is 14.4. The highest BCUT2D eigenvalue weighted by molar-refractivity contribution is 5.77. The summed E-state index contributed by atoms with van der Waals surface area (Å²) in [5, 5.41) is 0. The van der Waals surface area contributed by atoms with Gasteiger partial charge >= 0.3 is 11.9 Å². The predicted octanol–water partition coefficient (Wildman–Crippen LogP) is 4.07. The van der Waals surface area contributed by atoms with E-state index in [1.807, 2.05) is 6.92 Å². The molecular formula is C22H33FO6. The normalized spacial score (nSPS) is 33.1. The van der Waals surface area contributed by atoms with Crippen molar-refractivity contribution in [1.82, 2.24) is 0 Å². The van der Waals surface area contributed by atoms with E-state index in [-0.39, 0.29) is 42.7 Å². The van der Waals surface area contributed by atoms with E-state index in [1.165, 1.54) is 7.11 Å². The Hall–Kier alpha value is -1.63. The number of hydrogen-bond donors (Lipinski definition) is 0. The summed E-state index contributed by atoms with van der Waals surface area (Å²) in [7, 11) is 1.36. The van der Waals surface area contributed by atoms with Crippen molar-refractivity contribution in [3.63, 3.8) is 0 Å². The van der Waals surface area contributed by atoms with Crippen LogP contribution in [0.25, 0.3) is 0 Å². The Kier molecular flexibility index (Phi) is 7.92. The minimum Gasteiger partial charge on any atom is -0.469 e. The number of unbranched alkanes of at least 4 members (excludes halogenated alkanes) is 1. The summed E-state index contributed by atoms with van der Waals surface area (Å²) in [5.74, 6) is -1.03. The lowest BCUT2D eigenvalue weighted by Gasteiger charge is -2.30. The molecule has 0 spiro atoms. The summed E-state index contributed by atoms with van der Waals surface area (Å²) in [5.41, 5.74) is 0. The van der Waals surface area contributed by atoms with Crippen LogP contribution in [0.5, 0.6) is 0 Å². The van der Waals surface area contributed by atoms with Crippen LogP contribution in [-0.2, 0) is 28.5 Å². The Morgan fingerprint density at radius 2 is 2.21 bits per heavy atom. The molecule has 164 valence electrons. The number of methoxy groups -OCH3 is 1. The molecule has 6 atom stereocenters. The van der Waals surface area contributed by atoms with Crippen molar-refractivity contribution in [2.75, 3.05) is 13.7 Å². The molecule has 3 rings (SSSR count). The van der Waals surface area contributed by atoms with Crippen molar-refractivity contribution >= 4 is 11.9 Å². The number of hydrogen-bond acceptors (Lipinski definition) is 6. The molecule has 1 aliphatic carbocycles. The SMILES string of the molecule is CCCCC(F)CC=C(OC1CCCCO1)[C@@H]1[C@H]2CC(=O)O[C@@H]2C[C@H]1C(=O)OC. The predicted molar refractivity (Wildman–Crippen MR) is 103 cm³/mol. The fraction of sp³-hybridized carbons (Fsp3) is 0.818. The first-order valence-electron chi connectivity index (χ1n) is 10.9. The lowest BCUT2D eigenvalue weighted by atomic mass is 9.85. The lowest BCUT2D eigenvalue weighted by Crippen LogP contribution is -2.30. The van der Waals surface area contributed by atoms with Gasteiger partial charge in [-0.2, -0.15) is 0 Å². The van der Waals surface area contributed by atoms with Crippen molar-refractivity contribution in [3.8, 4) is 0 Å². The van der Waals surface area contributed by atoms with Crippen molar-refractivity contribution in [1.29, 1.82) is 0 Å². The quantitative estimate of drug-likeness (QED) is 0.420. The molecular weight excluding hydrogens is 379 g/mol. The summed E-state index contributed by atoms with van der Waals surface area (Å²) < 4.78 is 36.7. The van der Waals surface area contributed by atoms with E-state index in [2.05, 4.69) is 0 Å². The summed E-state index contributed by atoms with van der Waals surface area (Å²) in [6.07, 6.45) is 5.97. The van der Waals surface area contributed by atoms with Gasteiger partial charge in [0.15, 0.2) is 6.29 Å². The highest BCUT2D eigenvalue weighted by Gasteiger charge is 2.55. The van der Waals surface area contributed by atoms with Crippen LogP contribution in [-0.4, -0.2) is 44.2 Å². The van der Waals surface area contributed by atoms with E-state index in [1.54, 1.807) is 6.08 Å². The maximum absolute atomic E-state index is 14.4. The van der Waals surface area contributed by atoms with Gasteiger partial charge in [0, 0.05) is 24.7 Å². The third-order valence-corrected chi connectivity index (χ3v) is 6.23. The zero-order valence-electron chi connectivity index (χ0n) is 17.4.